The van der Waals surface area contributed by atoms with Crippen LogP contribution in [0.5, 0.6) is 0 Å². The zero-order chi connectivity index (χ0) is 20.8. The molecular weight excluding hydrogens is 452 g/mol. The lowest BCUT2D eigenvalue weighted by atomic mass is 10.0. The van der Waals surface area contributed by atoms with Gasteiger partial charge in [0.2, 0.25) is 11.7 Å². The normalized spacial score (nSPS) is 10.9. The smallest absolute Gasteiger partial charge is 0.234 e. The second kappa shape index (κ2) is 9.93. The standard InChI is InChI=1S/C21H23BrN4O2S/c1-4-12-26-20(16-10-11-17(22)28-16)24-25-21(26)29-13-18(27)23-19-14(5-2)8-7-9-15(19)6-3/h4,7-11H,1,5-6,12-13H2,2-3H3,(H,23,27). The Morgan fingerprint density at radius 1 is 1.24 bits per heavy atom. The van der Waals surface area contributed by atoms with Gasteiger partial charge in [-0.2, -0.15) is 0 Å². The number of benzene rings is 1. The second-order valence-corrected chi connectivity index (χ2v) is 8.03. The average molecular weight is 475 g/mol. The van der Waals surface area contributed by atoms with Crippen molar-refractivity contribution in [1.29, 1.82) is 0 Å². The van der Waals surface area contributed by atoms with E-state index in [1.165, 1.54) is 11.8 Å². The summed E-state index contributed by atoms with van der Waals surface area (Å²) >= 11 is 4.64. The Bertz CT molecular complexity index is 990. The van der Waals surface area contributed by atoms with Crippen molar-refractivity contribution in [2.24, 2.45) is 0 Å². The van der Waals surface area contributed by atoms with Crippen LogP contribution in [0.4, 0.5) is 5.69 Å². The first-order valence-corrected chi connectivity index (χ1v) is 11.2. The number of rotatable bonds is 9. The summed E-state index contributed by atoms with van der Waals surface area (Å²) in [6.45, 7) is 8.50. The minimum atomic E-state index is -0.0685. The van der Waals surface area contributed by atoms with Crippen molar-refractivity contribution in [3.05, 3.63) is 58.8 Å². The van der Waals surface area contributed by atoms with Gasteiger partial charge in [-0.15, -0.1) is 16.8 Å². The molecule has 0 radical (unpaired) electrons. The summed E-state index contributed by atoms with van der Waals surface area (Å²) in [4.78, 5) is 12.6. The number of carbonyl (C=O) groups is 1. The minimum Gasteiger partial charge on any atom is -0.446 e. The molecule has 0 aliphatic carbocycles. The summed E-state index contributed by atoms with van der Waals surface area (Å²) in [6, 6.07) is 9.77. The van der Waals surface area contributed by atoms with E-state index in [1.54, 1.807) is 12.1 Å². The highest BCUT2D eigenvalue weighted by molar-refractivity contribution is 9.10. The molecule has 0 saturated carbocycles. The van der Waals surface area contributed by atoms with Crippen molar-refractivity contribution in [1.82, 2.24) is 14.8 Å². The first kappa shape index (κ1) is 21.4. The van der Waals surface area contributed by atoms with Gasteiger partial charge in [-0.1, -0.05) is 49.9 Å². The molecular formula is C21H23BrN4O2S. The van der Waals surface area contributed by atoms with Crippen molar-refractivity contribution < 1.29 is 9.21 Å². The van der Waals surface area contributed by atoms with Gasteiger partial charge in [-0.05, 0) is 52.0 Å². The van der Waals surface area contributed by atoms with Crippen molar-refractivity contribution in [3.8, 4) is 11.6 Å². The van der Waals surface area contributed by atoms with E-state index in [0.29, 0.717) is 28.0 Å². The van der Waals surface area contributed by atoms with E-state index >= 15 is 0 Å². The molecule has 0 saturated heterocycles. The van der Waals surface area contributed by atoms with Crippen molar-refractivity contribution >= 4 is 39.3 Å². The van der Waals surface area contributed by atoms with Gasteiger partial charge in [-0.25, -0.2) is 0 Å². The fraction of sp³-hybridized carbons (Fsp3) is 0.286. The Kier molecular flexibility index (Phi) is 7.33. The number of nitrogens with zero attached hydrogens (tertiary/aromatic N) is 3. The van der Waals surface area contributed by atoms with E-state index in [4.69, 9.17) is 4.42 Å². The van der Waals surface area contributed by atoms with E-state index in [0.717, 1.165) is 29.7 Å². The molecule has 0 unspecified atom stereocenters. The molecule has 0 fully saturated rings. The third-order valence-electron chi connectivity index (χ3n) is 4.42. The zero-order valence-corrected chi connectivity index (χ0v) is 18.8. The Morgan fingerprint density at radius 3 is 2.55 bits per heavy atom. The number of anilines is 1. The average Bonchev–Trinajstić information content (AvgIpc) is 3.32. The lowest BCUT2D eigenvalue weighted by molar-refractivity contribution is -0.113. The van der Waals surface area contributed by atoms with Crippen LogP contribution in [0.2, 0.25) is 0 Å². The Hall–Kier alpha value is -2.32. The maximum absolute atomic E-state index is 12.6. The van der Waals surface area contributed by atoms with Gasteiger partial charge in [0.05, 0.1) is 5.75 Å². The number of thioether (sulfide) groups is 1. The second-order valence-electron chi connectivity index (χ2n) is 6.30. The van der Waals surface area contributed by atoms with Crippen LogP contribution in [0.3, 0.4) is 0 Å². The van der Waals surface area contributed by atoms with E-state index in [-0.39, 0.29) is 11.7 Å². The lowest BCUT2D eigenvalue weighted by Crippen LogP contribution is -2.17. The monoisotopic (exact) mass is 474 g/mol. The molecule has 0 spiro atoms. The number of hydrogen-bond acceptors (Lipinski definition) is 5. The van der Waals surface area contributed by atoms with E-state index < -0.39 is 0 Å². The molecule has 3 aromatic rings. The molecule has 0 aliphatic rings. The predicted octanol–water partition coefficient (Wildman–Crippen LogP) is 5.34. The van der Waals surface area contributed by atoms with Crippen LogP contribution in [-0.4, -0.2) is 26.4 Å². The molecule has 0 atom stereocenters. The molecule has 0 bridgehead atoms. The van der Waals surface area contributed by atoms with Crippen LogP contribution in [0.15, 0.2) is 57.2 Å². The number of aromatic nitrogens is 3. The lowest BCUT2D eigenvalue weighted by Gasteiger charge is -2.14. The van der Waals surface area contributed by atoms with Crippen LogP contribution in [0, 0.1) is 0 Å². The zero-order valence-electron chi connectivity index (χ0n) is 16.4. The van der Waals surface area contributed by atoms with Crippen LogP contribution < -0.4 is 5.32 Å². The molecule has 2 aromatic heterocycles. The summed E-state index contributed by atoms with van der Waals surface area (Å²) in [7, 11) is 0. The summed E-state index contributed by atoms with van der Waals surface area (Å²) in [5, 5.41) is 12.2. The quantitative estimate of drug-likeness (QED) is 0.334. The molecule has 3 rings (SSSR count). The van der Waals surface area contributed by atoms with Crippen molar-refractivity contribution in [2.75, 3.05) is 11.1 Å². The van der Waals surface area contributed by atoms with Crippen LogP contribution >= 0.6 is 27.7 Å². The number of allylic oxidation sites excluding steroid dienone is 1. The first-order chi connectivity index (χ1) is 14.1. The van der Waals surface area contributed by atoms with Crippen molar-refractivity contribution in [2.45, 2.75) is 38.4 Å². The number of aryl methyl sites for hydroxylation is 2. The van der Waals surface area contributed by atoms with Gasteiger partial charge in [0.15, 0.2) is 15.6 Å². The van der Waals surface area contributed by atoms with E-state index in [9.17, 15) is 4.79 Å². The molecule has 1 N–H and O–H groups in total. The third kappa shape index (κ3) is 5.00. The number of hydrogen-bond donors (Lipinski definition) is 1. The van der Waals surface area contributed by atoms with Crippen molar-refractivity contribution in [3.63, 3.8) is 0 Å². The van der Waals surface area contributed by atoms with E-state index in [1.807, 2.05) is 16.7 Å². The number of para-hydroxylation sites is 1. The highest BCUT2D eigenvalue weighted by Crippen LogP contribution is 2.28. The van der Waals surface area contributed by atoms with Gasteiger partial charge in [0, 0.05) is 12.2 Å². The molecule has 1 amide bonds. The van der Waals surface area contributed by atoms with Crippen LogP contribution in [0.25, 0.3) is 11.6 Å². The van der Waals surface area contributed by atoms with Gasteiger partial charge in [-0.3, -0.25) is 9.36 Å². The fourth-order valence-corrected chi connectivity index (χ4v) is 4.07. The number of carbonyl (C=O) groups excluding carboxylic acids is 1. The topological polar surface area (TPSA) is 73.0 Å². The molecule has 1 aromatic carbocycles. The summed E-state index contributed by atoms with van der Waals surface area (Å²) in [5.41, 5.74) is 3.21. The van der Waals surface area contributed by atoms with Crippen LogP contribution in [0.1, 0.15) is 25.0 Å². The maximum atomic E-state index is 12.6. The fourth-order valence-electron chi connectivity index (χ4n) is 3.01. The molecule has 152 valence electrons. The van der Waals surface area contributed by atoms with Gasteiger partial charge in [0.1, 0.15) is 0 Å². The largest absolute Gasteiger partial charge is 0.446 e. The van der Waals surface area contributed by atoms with Crippen LogP contribution in [-0.2, 0) is 24.2 Å². The highest BCUT2D eigenvalue weighted by atomic mass is 79.9. The number of nitrogens with one attached hydrogen (secondary N) is 1. The van der Waals surface area contributed by atoms with Gasteiger partial charge in [0.25, 0.3) is 0 Å². The Labute approximate surface area is 182 Å². The minimum absolute atomic E-state index is 0.0685. The molecule has 29 heavy (non-hydrogen) atoms. The molecule has 2 heterocycles. The molecule has 0 aliphatic heterocycles. The predicted molar refractivity (Wildman–Crippen MR) is 120 cm³/mol. The van der Waals surface area contributed by atoms with E-state index in [2.05, 4.69) is 64.0 Å². The van der Waals surface area contributed by atoms with Gasteiger partial charge < -0.3 is 9.73 Å². The number of amides is 1. The summed E-state index contributed by atoms with van der Waals surface area (Å²) in [5.74, 6) is 1.37. The van der Waals surface area contributed by atoms with Gasteiger partial charge >= 0.3 is 0 Å². The maximum Gasteiger partial charge on any atom is 0.234 e. The number of furan rings is 1. The highest BCUT2D eigenvalue weighted by Gasteiger charge is 2.18. The summed E-state index contributed by atoms with van der Waals surface area (Å²) in [6.07, 6.45) is 3.50. The Balaban J connectivity index is 1.74. The molecule has 6 nitrogen and oxygen atoms in total. The Morgan fingerprint density at radius 2 is 1.97 bits per heavy atom. The third-order valence-corrected chi connectivity index (χ3v) is 5.81. The SMILES string of the molecule is C=CCn1c(SCC(=O)Nc2c(CC)cccc2CC)nnc1-c1ccc(Br)o1. The first-order valence-electron chi connectivity index (χ1n) is 9.40. The number of halogens is 1. The molecule has 8 heteroatoms. The summed E-state index contributed by atoms with van der Waals surface area (Å²) < 4.78 is 8.10.